The number of halogens is 1. The van der Waals surface area contributed by atoms with Crippen LogP contribution in [0, 0.1) is 20.8 Å². The van der Waals surface area contributed by atoms with Crippen LogP contribution in [0.15, 0.2) is 71.6 Å². The van der Waals surface area contributed by atoms with E-state index in [9.17, 15) is 18.0 Å². The molecule has 3 aromatic carbocycles. The van der Waals surface area contributed by atoms with Crippen molar-refractivity contribution < 1.29 is 18.0 Å². The summed E-state index contributed by atoms with van der Waals surface area (Å²) in [4.78, 5) is 29.0. The van der Waals surface area contributed by atoms with Crippen LogP contribution in [-0.2, 0) is 26.2 Å². The van der Waals surface area contributed by atoms with Crippen LogP contribution in [0.1, 0.15) is 55.4 Å². The van der Waals surface area contributed by atoms with E-state index in [2.05, 4.69) is 5.32 Å². The number of carbonyl (C=O) groups excluding carboxylic acids is 2. The minimum absolute atomic E-state index is 0.0883. The molecule has 9 heteroatoms. The number of anilines is 1. The molecule has 3 rings (SSSR count). The number of aryl methyl sites for hydroxylation is 2. The molecule has 0 aliphatic heterocycles. The third-order valence-corrected chi connectivity index (χ3v) is 9.24. The van der Waals surface area contributed by atoms with E-state index in [1.807, 2.05) is 40.7 Å². The number of hydrogen-bond donors (Lipinski definition) is 1. The van der Waals surface area contributed by atoms with Gasteiger partial charge in [-0.25, -0.2) is 8.42 Å². The Balaban J connectivity index is 2.07. The molecular formula is C32H40ClN3O4S. The summed E-state index contributed by atoms with van der Waals surface area (Å²) in [6.45, 7) is 9.67. The number of amides is 2. The molecule has 0 spiro atoms. The Bertz CT molecular complexity index is 1440. The zero-order chi connectivity index (χ0) is 30.2. The highest BCUT2D eigenvalue weighted by Crippen LogP contribution is 2.29. The number of benzene rings is 3. The Labute approximate surface area is 249 Å². The molecule has 2 amide bonds. The standard InChI is InChI=1S/C32H40ClN3O4S/c1-6-8-20-34-32(38)29(7-2)35(21-26-14-16-27(33)17-15-26)31(37)22-36(30-11-9-10-24(4)25(30)5)41(39,40)28-18-12-23(3)13-19-28/h9-19,29H,6-8,20-22H2,1-5H3,(H,34,38)/t29-/m1/s1. The van der Waals surface area contributed by atoms with E-state index in [1.54, 1.807) is 60.7 Å². The Morgan fingerprint density at radius 2 is 1.59 bits per heavy atom. The molecule has 3 aromatic rings. The van der Waals surface area contributed by atoms with Crippen molar-refractivity contribution in [3.63, 3.8) is 0 Å². The highest BCUT2D eigenvalue weighted by atomic mass is 35.5. The molecule has 0 fully saturated rings. The highest BCUT2D eigenvalue weighted by molar-refractivity contribution is 7.92. The third kappa shape index (κ3) is 8.11. The fraction of sp³-hybridized carbons (Fsp3) is 0.375. The number of nitrogens with zero attached hydrogens (tertiary/aromatic N) is 2. The molecule has 0 saturated heterocycles. The van der Waals surface area contributed by atoms with Crippen LogP contribution in [0.25, 0.3) is 0 Å². The Hall–Kier alpha value is -3.36. The first-order chi connectivity index (χ1) is 19.5. The van der Waals surface area contributed by atoms with Crippen molar-refractivity contribution in [2.75, 3.05) is 17.4 Å². The molecule has 220 valence electrons. The summed E-state index contributed by atoms with van der Waals surface area (Å²) in [7, 11) is -4.12. The predicted octanol–water partition coefficient (Wildman–Crippen LogP) is 6.18. The second-order valence-corrected chi connectivity index (χ2v) is 12.6. The number of hydrogen-bond acceptors (Lipinski definition) is 4. The summed E-state index contributed by atoms with van der Waals surface area (Å²) >= 11 is 6.09. The van der Waals surface area contributed by atoms with Gasteiger partial charge in [-0.05, 0) is 80.6 Å². The molecule has 0 saturated carbocycles. The minimum Gasteiger partial charge on any atom is -0.354 e. The number of rotatable bonds is 13. The average Bonchev–Trinajstić information content (AvgIpc) is 2.94. The maximum Gasteiger partial charge on any atom is 0.264 e. The molecule has 0 radical (unpaired) electrons. The Kier molecular flexibility index (Phi) is 11.4. The fourth-order valence-electron chi connectivity index (χ4n) is 4.57. The Morgan fingerprint density at radius 3 is 2.20 bits per heavy atom. The van der Waals surface area contributed by atoms with Gasteiger partial charge in [0.1, 0.15) is 12.6 Å². The topological polar surface area (TPSA) is 86.8 Å². The first-order valence-electron chi connectivity index (χ1n) is 14.0. The number of carbonyl (C=O) groups is 2. The first-order valence-corrected chi connectivity index (χ1v) is 15.8. The van der Waals surface area contributed by atoms with Gasteiger partial charge in [0.2, 0.25) is 11.8 Å². The molecule has 0 aliphatic carbocycles. The third-order valence-electron chi connectivity index (χ3n) is 7.21. The second kappa shape index (κ2) is 14.5. The van der Waals surface area contributed by atoms with Gasteiger partial charge in [-0.15, -0.1) is 0 Å². The first kappa shape index (κ1) is 32.2. The van der Waals surface area contributed by atoms with Crippen LogP contribution in [-0.4, -0.2) is 44.3 Å². The van der Waals surface area contributed by atoms with Gasteiger partial charge < -0.3 is 10.2 Å². The lowest BCUT2D eigenvalue weighted by atomic mass is 10.1. The molecule has 0 unspecified atom stereocenters. The van der Waals surface area contributed by atoms with Crippen molar-refractivity contribution in [1.82, 2.24) is 10.2 Å². The molecule has 7 nitrogen and oxygen atoms in total. The summed E-state index contributed by atoms with van der Waals surface area (Å²) in [5.74, 6) is -0.739. The van der Waals surface area contributed by atoms with Gasteiger partial charge in [-0.1, -0.05) is 73.8 Å². The SMILES string of the molecule is CCCCNC(=O)[C@@H](CC)N(Cc1ccc(Cl)cc1)C(=O)CN(c1cccc(C)c1C)S(=O)(=O)c1ccc(C)cc1. The molecule has 0 heterocycles. The van der Waals surface area contributed by atoms with Gasteiger partial charge >= 0.3 is 0 Å². The monoisotopic (exact) mass is 597 g/mol. The van der Waals surface area contributed by atoms with E-state index < -0.39 is 28.5 Å². The maximum atomic E-state index is 14.2. The van der Waals surface area contributed by atoms with E-state index in [0.717, 1.165) is 35.1 Å². The van der Waals surface area contributed by atoms with E-state index in [-0.39, 0.29) is 17.3 Å². The van der Waals surface area contributed by atoms with Gasteiger partial charge in [-0.3, -0.25) is 13.9 Å². The van der Waals surface area contributed by atoms with Crippen LogP contribution >= 0.6 is 11.6 Å². The smallest absolute Gasteiger partial charge is 0.264 e. The lowest BCUT2D eigenvalue weighted by Gasteiger charge is -2.33. The van der Waals surface area contributed by atoms with Crippen molar-refractivity contribution in [2.45, 2.75) is 71.4 Å². The Morgan fingerprint density at radius 1 is 0.927 bits per heavy atom. The van der Waals surface area contributed by atoms with Gasteiger partial charge in [-0.2, -0.15) is 0 Å². The van der Waals surface area contributed by atoms with E-state index in [4.69, 9.17) is 11.6 Å². The van der Waals surface area contributed by atoms with Gasteiger partial charge in [0.25, 0.3) is 10.0 Å². The molecule has 1 atom stereocenters. The normalized spacial score (nSPS) is 12.0. The largest absolute Gasteiger partial charge is 0.354 e. The van der Waals surface area contributed by atoms with Crippen LogP contribution < -0.4 is 9.62 Å². The van der Waals surface area contributed by atoms with E-state index >= 15 is 0 Å². The van der Waals surface area contributed by atoms with Crippen molar-refractivity contribution in [3.8, 4) is 0 Å². The molecule has 0 aromatic heterocycles. The molecule has 1 N–H and O–H groups in total. The summed E-state index contributed by atoms with van der Waals surface area (Å²) in [5.41, 5.74) is 3.78. The summed E-state index contributed by atoms with van der Waals surface area (Å²) in [6.07, 6.45) is 2.11. The van der Waals surface area contributed by atoms with E-state index in [0.29, 0.717) is 23.7 Å². The summed E-state index contributed by atoms with van der Waals surface area (Å²) in [6, 6.07) is 18.2. The van der Waals surface area contributed by atoms with Gasteiger partial charge in [0.05, 0.1) is 10.6 Å². The zero-order valence-corrected chi connectivity index (χ0v) is 26.1. The number of sulfonamides is 1. The van der Waals surface area contributed by atoms with Crippen LogP contribution in [0.5, 0.6) is 0 Å². The lowest BCUT2D eigenvalue weighted by molar-refractivity contribution is -0.140. The molecule has 41 heavy (non-hydrogen) atoms. The predicted molar refractivity (Wildman–Crippen MR) is 166 cm³/mol. The summed E-state index contributed by atoms with van der Waals surface area (Å²) in [5, 5.41) is 3.50. The molecule has 0 bridgehead atoms. The highest BCUT2D eigenvalue weighted by Gasteiger charge is 2.34. The lowest BCUT2D eigenvalue weighted by Crippen LogP contribution is -2.52. The van der Waals surface area contributed by atoms with Gasteiger partial charge in [0, 0.05) is 18.1 Å². The van der Waals surface area contributed by atoms with Gasteiger partial charge in [0.15, 0.2) is 0 Å². The fourth-order valence-corrected chi connectivity index (χ4v) is 6.17. The van der Waals surface area contributed by atoms with E-state index in [1.165, 1.54) is 9.21 Å². The van der Waals surface area contributed by atoms with Crippen molar-refractivity contribution in [1.29, 1.82) is 0 Å². The summed E-state index contributed by atoms with van der Waals surface area (Å²) < 4.78 is 29.3. The van der Waals surface area contributed by atoms with Crippen molar-refractivity contribution in [3.05, 3.63) is 94.0 Å². The van der Waals surface area contributed by atoms with Crippen molar-refractivity contribution in [2.24, 2.45) is 0 Å². The zero-order valence-electron chi connectivity index (χ0n) is 24.5. The number of nitrogens with one attached hydrogen (secondary N) is 1. The molecular weight excluding hydrogens is 558 g/mol. The quantitative estimate of drug-likeness (QED) is 0.238. The van der Waals surface area contributed by atoms with Crippen LogP contribution in [0.4, 0.5) is 5.69 Å². The van der Waals surface area contributed by atoms with Crippen molar-refractivity contribution >= 4 is 39.1 Å². The second-order valence-electron chi connectivity index (χ2n) is 10.3. The van der Waals surface area contributed by atoms with Crippen LogP contribution in [0.2, 0.25) is 5.02 Å². The van der Waals surface area contributed by atoms with Crippen LogP contribution in [0.3, 0.4) is 0 Å². The minimum atomic E-state index is -4.12. The maximum absolute atomic E-state index is 14.2. The average molecular weight is 598 g/mol. The number of unbranched alkanes of at least 4 members (excludes halogenated alkanes) is 1. The molecule has 0 aliphatic rings.